The van der Waals surface area contributed by atoms with E-state index >= 15 is 0 Å². The zero-order valence-corrected chi connectivity index (χ0v) is 12.4. The Labute approximate surface area is 117 Å². The van der Waals surface area contributed by atoms with Crippen LogP contribution >= 0.6 is 12.4 Å². The predicted octanol–water partition coefficient (Wildman–Crippen LogP) is 1.73. The lowest BCUT2D eigenvalue weighted by Crippen LogP contribution is -2.40. The van der Waals surface area contributed by atoms with Crippen LogP contribution in [-0.4, -0.2) is 39.3 Å². The average Bonchev–Trinajstić information content (AvgIpc) is 2.82. The Bertz CT molecular complexity index is 231. The molecule has 0 radical (unpaired) electrons. The number of ether oxygens (including phenoxy) is 1. The Morgan fingerprint density at radius 1 is 1.33 bits per heavy atom. The predicted molar refractivity (Wildman–Crippen MR) is 76.2 cm³/mol. The van der Waals surface area contributed by atoms with Crippen molar-refractivity contribution >= 4 is 18.3 Å². The van der Waals surface area contributed by atoms with Crippen molar-refractivity contribution in [3.8, 4) is 0 Å². The smallest absolute Gasteiger partial charge is 0.233 e. The maximum Gasteiger partial charge on any atom is 0.233 e. The number of carbonyl (C=O) groups excluding carboxylic acids is 1. The van der Waals surface area contributed by atoms with Crippen LogP contribution in [0.2, 0.25) is 0 Å². The number of methoxy groups -OCH3 is 1. The number of hydrogen-bond donors (Lipinski definition) is 2. The standard InChI is InChI=1S/C13H26N2O2.ClH/c1-3-13(6-4-5-7-13)11-15-12(16)10-14-8-9-17-2;/h14H,3-11H2,1-2H3,(H,15,16);1H. The summed E-state index contributed by atoms with van der Waals surface area (Å²) < 4.78 is 4.90. The molecule has 0 spiro atoms. The lowest BCUT2D eigenvalue weighted by Gasteiger charge is -2.27. The monoisotopic (exact) mass is 278 g/mol. The van der Waals surface area contributed by atoms with Crippen molar-refractivity contribution in [1.82, 2.24) is 10.6 Å². The molecular weight excluding hydrogens is 252 g/mol. The molecule has 108 valence electrons. The van der Waals surface area contributed by atoms with Gasteiger partial charge in [0, 0.05) is 20.2 Å². The molecule has 0 unspecified atom stereocenters. The topological polar surface area (TPSA) is 50.4 Å². The minimum atomic E-state index is 0. The number of carbonyl (C=O) groups is 1. The minimum Gasteiger partial charge on any atom is -0.383 e. The fourth-order valence-electron chi connectivity index (χ4n) is 2.51. The first-order valence-corrected chi connectivity index (χ1v) is 6.69. The number of nitrogens with one attached hydrogen (secondary N) is 2. The molecular formula is C13H27ClN2O2. The van der Waals surface area contributed by atoms with Crippen molar-refractivity contribution in [3.63, 3.8) is 0 Å². The molecule has 2 N–H and O–H groups in total. The SMILES string of the molecule is CCC1(CNC(=O)CNCCOC)CCCC1.Cl. The van der Waals surface area contributed by atoms with Crippen LogP contribution < -0.4 is 10.6 Å². The zero-order chi connectivity index (χ0) is 12.6. The highest BCUT2D eigenvalue weighted by atomic mass is 35.5. The Balaban J connectivity index is 0.00000289. The maximum absolute atomic E-state index is 11.6. The molecule has 0 aromatic rings. The van der Waals surface area contributed by atoms with Gasteiger partial charge < -0.3 is 15.4 Å². The van der Waals surface area contributed by atoms with Crippen LogP contribution in [0.1, 0.15) is 39.0 Å². The van der Waals surface area contributed by atoms with E-state index in [1.807, 2.05) is 0 Å². The van der Waals surface area contributed by atoms with Crippen molar-refractivity contribution in [2.45, 2.75) is 39.0 Å². The fraction of sp³-hybridized carbons (Fsp3) is 0.923. The summed E-state index contributed by atoms with van der Waals surface area (Å²) in [5.74, 6) is 0.0980. The van der Waals surface area contributed by atoms with Gasteiger partial charge in [0.25, 0.3) is 0 Å². The van der Waals surface area contributed by atoms with Crippen molar-refractivity contribution in [2.24, 2.45) is 5.41 Å². The van der Waals surface area contributed by atoms with Crippen molar-refractivity contribution in [3.05, 3.63) is 0 Å². The van der Waals surface area contributed by atoms with Crippen molar-refractivity contribution < 1.29 is 9.53 Å². The highest BCUT2D eigenvalue weighted by Crippen LogP contribution is 2.40. The van der Waals surface area contributed by atoms with Crippen molar-refractivity contribution in [1.29, 1.82) is 0 Å². The first-order valence-electron chi connectivity index (χ1n) is 6.69. The zero-order valence-electron chi connectivity index (χ0n) is 11.6. The van der Waals surface area contributed by atoms with Crippen LogP contribution in [0.3, 0.4) is 0 Å². The molecule has 1 saturated carbocycles. The van der Waals surface area contributed by atoms with Crippen LogP contribution in [0.25, 0.3) is 0 Å². The molecule has 0 aliphatic heterocycles. The largest absolute Gasteiger partial charge is 0.383 e. The van der Waals surface area contributed by atoms with Gasteiger partial charge in [0.2, 0.25) is 5.91 Å². The summed E-state index contributed by atoms with van der Waals surface area (Å²) >= 11 is 0. The van der Waals surface area contributed by atoms with Gasteiger partial charge in [-0.25, -0.2) is 0 Å². The molecule has 1 aliphatic rings. The van der Waals surface area contributed by atoms with Crippen LogP contribution in [-0.2, 0) is 9.53 Å². The molecule has 0 saturated heterocycles. The number of hydrogen-bond acceptors (Lipinski definition) is 3. The molecule has 1 rings (SSSR count). The summed E-state index contributed by atoms with van der Waals surface area (Å²) in [6.07, 6.45) is 6.33. The van der Waals surface area contributed by atoms with Crippen molar-refractivity contribution in [2.75, 3.05) is 33.4 Å². The summed E-state index contributed by atoms with van der Waals surface area (Å²) in [5.41, 5.74) is 0.377. The summed E-state index contributed by atoms with van der Waals surface area (Å²) in [6, 6.07) is 0. The van der Waals surface area contributed by atoms with Gasteiger partial charge >= 0.3 is 0 Å². The Morgan fingerprint density at radius 2 is 2.00 bits per heavy atom. The highest BCUT2D eigenvalue weighted by Gasteiger charge is 2.31. The third-order valence-electron chi connectivity index (χ3n) is 3.84. The summed E-state index contributed by atoms with van der Waals surface area (Å²) in [6.45, 7) is 4.83. The highest BCUT2D eigenvalue weighted by molar-refractivity contribution is 5.85. The second-order valence-electron chi connectivity index (χ2n) is 5.01. The molecule has 1 amide bonds. The van der Waals surface area contributed by atoms with E-state index in [0.29, 0.717) is 18.6 Å². The first kappa shape index (κ1) is 17.7. The van der Waals surface area contributed by atoms with Gasteiger partial charge in [0.15, 0.2) is 0 Å². The van der Waals surface area contributed by atoms with E-state index in [0.717, 1.165) is 13.1 Å². The third-order valence-corrected chi connectivity index (χ3v) is 3.84. The van der Waals surface area contributed by atoms with E-state index in [9.17, 15) is 4.79 Å². The van der Waals surface area contributed by atoms with Gasteiger partial charge in [-0.3, -0.25) is 4.79 Å². The maximum atomic E-state index is 11.6. The van der Waals surface area contributed by atoms with Gasteiger partial charge in [-0.15, -0.1) is 12.4 Å². The third kappa shape index (κ3) is 6.03. The molecule has 0 aromatic heterocycles. The van der Waals surface area contributed by atoms with Crippen LogP contribution in [0.15, 0.2) is 0 Å². The van der Waals surface area contributed by atoms with E-state index < -0.39 is 0 Å². The lowest BCUT2D eigenvalue weighted by molar-refractivity contribution is -0.120. The van der Waals surface area contributed by atoms with Crippen LogP contribution in [0.4, 0.5) is 0 Å². The lowest BCUT2D eigenvalue weighted by atomic mass is 9.83. The molecule has 5 heteroatoms. The quantitative estimate of drug-likeness (QED) is 0.665. The normalized spacial score (nSPS) is 17.2. The Kier molecular flexibility index (Phi) is 9.42. The van der Waals surface area contributed by atoms with E-state index in [4.69, 9.17) is 4.74 Å². The van der Waals surface area contributed by atoms with E-state index in [1.165, 1.54) is 32.1 Å². The van der Waals surface area contributed by atoms with Gasteiger partial charge in [-0.2, -0.15) is 0 Å². The van der Waals surface area contributed by atoms with Gasteiger partial charge in [-0.05, 0) is 24.7 Å². The van der Waals surface area contributed by atoms with Crippen LogP contribution in [0, 0.1) is 5.41 Å². The number of amides is 1. The fourth-order valence-corrected chi connectivity index (χ4v) is 2.51. The molecule has 4 nitrogen and oxygen atoms in total. The second-order valence-corrected chi connectivity index (χ2v) is 5.01. The average molecular weight is 279 g/mol. The van der Waals surface area contributed by atoms with Gasteiger partial charge in [-0.1, -0.05) is 19.8 Å². The molecule has 0 bridgehead atoms. The molecule has 18 heavy (non-hydrogen) atoms. The van der Waals surface area contributed by atoms with Gasteiger partial charge in [0.05, 0.1) is 13.2 Å². The molecule has 0 aromatic carbocycles. The number of rotatable bonds is 8. The minimum absolute atomic E-state index is 0. The summed E-state index contributed by atoms with van der Waals surface area (Å²) in [4.78, 5) is 11.6. The molecule has 0 heterocycles. The Morgan fingerprint density at radius 3 is 2.56 bits per heavy atom. The van der Waals surface area contributed by atoms with Gasteiger partial charge in [0.1, 0.15) is 0 Å². The molecule has 0 atom stereocenters. The summed E-state index contributed by atoms with van der Waals surface area (Å²) in [5, 5.41) is 6.11. The van der Waals surface area contributed by atoms with E-state index in [2.05, 4.69) is 17.6 Å². The molecule has 1 aliphatic carbocycles. The second kappa shape index (κ2) is 9.59. The van der Waals surface area contributed by atoms with E-state index in [1.54, 1.807) is 7.11 Å². The first-order chi connectivity index (χ1) is 8.22. The Hall–Kier alpha value is -0.320. The number of halogens is 1. The molecule has 1 fully saturated rings. The van der Waals surface area contributed by atoms with Crippen LogP contribution in [0.5, 0.6) is 0 Å². The van der Waals surface area contributed by atoms with E-state index in [-0.39, 0.29) is 18.3 Å². The summed E-state index contributed by atoms with van der Waals surface area (Å²) in [7, 11) is 1.66.